The van der Waals surface area contributed by atoms with Crippen LogP contribution >= 0.6 is 0 Å². The average molecular weight is 480 g/mol. The zero-order valence-electron chi connectivity index (χ0n) is 17.8. The van der Waals surface area contributed by atoms with Gasteiger partial charge in [-0.1, -0.05) is 6.42 Å². The minimum absolute atomic E-state index is 0.0210. The number of anilines is 1. The first kappa shape index (κ1) is 23.7. The Balaban J connectivity index is 1.82. The Labute approximate surface area is 187 Å². The molecule has 0 aliphatic carbocycles. The number of aliphatic imine (C=N–C) groups is 1. The summed E-state index contributed by atoms with van der Waals surface area (Å²) in [6, 6.07) is 7.77. The summed E-state index contributed by atoms with van der Waals surface area (Å²) >= 11 is 0. The number of carboxylic acid groups (broad SMARTS) is 1. The van der Waals surface area contributed by atoms with E-state index in [1.165, 1.54) is 30.3 Å². The van der Waals surface area contributed by atoms with Crippen molar-refractivity contribution in [3.63, 3.8) is 0 Å². The fourth-order valence-corrected chi connectivity index (χ4v) is 5.80. The van der Waals surface area contributed by atoms with E-state index in [0.29, 0.717) is 29.9 Å². The molecule has 3 N–H and O–H groups in total. The van der Waals surface area contributed by atoms with Crippen LogP contribution in [0.2, 0.25) is 0 Å². The quantitative estimate of drug-likeness (QED) is 0.581. The van der Waals surface area contributed by atoms with E-state index >= 15 is 0 Å². The molecular formula is C21H25N3O6S2. The number of nitrogens with one attached hydrogen (secondary N) is 2. The first-order valence-electron chi connectivity index (χ1n) is 10.0. The van der Waals surface area contributed by atoms with E-state index in [0.717, 1.165) is 25.3 Å². The number of amidine groups is 1. The Morgan fingerprint density at radius 3 is 2.28 bits per heavy atom. The first-order chi connectivity index (χ1) is 15.0. The molecule has 2 aromatic carbocycles. The smallest absolute Gasteiger partial charge is 0.335 e. The predicted octanol–water partition coefficient (Wildman–Crippen LogP) is 3.05. The highest BCUT2D eigenvalue weighted by atomic mass is 32.2. The van der Waals surface area contributed by atoms with Gasteiger partial charge >= 0.3 is 5.97 Å². The zero-order chi connectivity index (χ0) is 23.5. The second-order valence-electron chi connectivity index (χ2n) is 7.60. The Bertz CT molecular complexity index is 1270. The molecule has 0 bridgehead atoms. The van der Waals surface area contributed by atoms with Crippen LogP contribution in [0.1, 0.15) is 47.2 Å². The lowest BCUT2D eigenvalue weighted by atomic mass is 10.1. The molecule has 0 saturated heterocycles. The minimum atomic E-state index is -4.10. The number of rotatable bonds is 6. The monoisotopic (exact) mass is 479 g/mol. The van der Waals surface area contributed by atoms with Gasteiger partial charge in [0.2, 0.25) is 0 Å². The summed E-state index contributed by atoms with van der Waals surface area (Å²) in [4.78, 5) is 15.4. The number of benzene rings is 2. The molecule has 9 nitrogen and oxygen atoms in total. The van der Waals surface area contributed by atoms with Crippen molar-refractivity contribution in [2.24, 2.45) is 4.99 Å². The predicted molar refractivity (Wildman–Crippen MR) is 121 cm³/mol. The number of carbonyl (C=O) groups is 1. The molecule has 11 heteroatoms. The molecule has 0 spiro atoms. The van der Waals surface area contributed by atoms with Crippen molar-refractivity contribution in [1.29, 1.82) is 0 Å². The topological polar surface area (TPSA) is 142 Å². The normalized spacial score (nSPS) is 14.9. The van der Waals surface area contributed by atoms with Crippen LogP contribution in [0.4, 0.5) is 5.69 Å². The highest BCUT2D eigenvalue weighted by Crippen LogP contribution is 2.24. The van der Waals surface area contributed by atoms with Crippen LogP contribution in [0.3, 0.4) is 0 Å². The number of aryl methyl sites for hydroxylation is 1. The fourth-order valence-electron chi connectivity index (χ4n) is 3.31. The van der Waals surface area contributed by atoms with Gasteiger partial charge in [0.15, 0.2) is 0 Å². The zero-order valence-corrected chi connectivity index (χ0v) is 19.4. The van der Waals surface area contributed by atoms with Crippen LogP contribution in [0.25, 0.3) is 0 Å². The first-order valence-corrected chi connectivity index (χ1v) is 13.0. The molecule has 1 aliphatic rings. The number of hydrogen-bond donors (Lipinski definition) is 3. The maximum absolute atomic E-state index is 12.9. The van der Waals surface area contributed by atoms with E-state index < -0.39 is 26.0 Å². The van der Waals surface area contributed by atoms with Crippen molar-refractivity contribution in [2.75, 3.05) is 11.3 Å². The molecular weight excluding hydrogens is 454 g/mol. The summed E-state index contributed by atoms with van der Waals surface area (Å²) in [5.74, 6) is -0.804. The third-order valence-corrected chi connectivity index (χ3v) is 8.10. The van der Waals surface area contributed by atoms with Crippen molar-refractivity contribution in [3.8, 4) is 0 Å². The van der Waals surface area contributed by atoms with Gasteiger partial charge in [-0.2, -0.15) is 0 Å². The molecule has 1 heterocycles. The number of sulfonamides is 2. The lowest BCUT2D eigenvalue weighted by molar-refractivity contribution is 0.0696. The van der Waals surface area contributed by atoms with Crippen molar-refractivity contribution < 1.29 is 26.7 Å². The third kappa shape index (κ3) is 5.46. The van der Waals surface area contributed by atoms with Gasteiger partial charge in [0, 0.05) is 18.7 Å². The molecule has 0 fully saturated rings. The van der Waals surface area contributed by atoms with E-state index in [1.54, 1.807) is 13.8 Å². The Morgan fingerprint density at radius 2 is 1.62 bits per heavy atom. The second kappa shape index (κ2) is 9.29. The summed E-state index contributed by atoms with van der Waals surface area (Å²) in [7, 11) is -7.93. The summed E-state index contributed by atoms with van der Waals surface area (Å²) in [6.45, 7) is 3.81. The highest BCUT2D eigenvalue weighted by molar-refractivity contribution is 7.92. The minimum Gasteiger partial charge on any atom is -0.478 e. The van der Waals surface area contributed by atoms with E-state index in [1.807, 2.05) is 0 Å². The van der Waals surface area contributed by atoms with Gasteiger partial charge in [0.25, 0.3) is 20.0 Å². The van der Waals surface area contributed by atoms with Gasteiger partial charge in [-0.05, 0) is 74.2 Å². The number of hydrogen-bond acceptors (Lipinski definition) is 6. The summed E-state index contributed by atoms with van der Waals surface area (Å²) in [5, 5.41) is 9.23. The number of nitrogens with zero attached hydrogens (tertiary/aromatic N) is 1. The lowest BCUT2D eigenvalue weighted by Crippen LogP contribution is -2.30. The van der Waals surface area contributed by atoms with Crippen LogP contribution in [0, 0.1) is 13.8 Å². The second-order valence-corrected chi connectivity index (χ2v) is 10.9. The third-order valence-electron chi connectivity index (χ3n) is 5.20. The standard InChI is InChI=1S/C21H25N3O6S2/c1-14-12-16(21(25)26)13-19(15(14)2)32(29,30)23-17-7-9-18(10-8-17)31(27,28)24-20-6-4-3-5-11-22-20/h7-10,12-13,23H,3-6,11H2,1-2H3,(H,22,24)(H,25,26). The molecule has 3 rings (SSSR count). The largest absolute Gasteiger partial charge is 0.478 e. The molecule has 0 saturated carbocycles. The molecule has 0 unspecified atom stereocenters. The van der Waals surface area contributed by atoms with Gasteiger partial charge in [0.05, 0.1) is 15.4 Å². The van der Waals surface area contributed by atoms with Crippen LogP contribution in [-0.2, 0) is 20.0 Å². The van der Waals surface area contributed by atoms with E-state index in [4.69, 9.17) is 0 Å². The molecule has 32 heavy (non-hydrogen) atoms. The van der Waals surface area contributed by atoms with Crippen molar-refractivity contribution >= 4 is 37.5 Å². The number of aromatic carboxylic acids is 1. The molecule has 1 aliphatic heterocycles. The molecule has 2 aromatic rings. The molecule has 0 aromatic heterocycles. The van der Waals surface area contributed by atoms with E-state index in [2.05, 4.69) is 14.4 Å². The summed E-state index contributed by atoms with van der Waals surface area (Å²) in [5.41, 5.74) is 0.963. The Kier molecular flexibility index (Phi) is 6.89. The molecule has 0 amide bonds. The highest BCUT2D eigenvalue weighted by Gasteiger charge is 2.22. The van der Waals surface area contributed by atoms with Gasteiger partial charge in [-0.15, -0.1) is 0 Å². The Hall–Kier alpha value is -2.92. The molecule has 0 atom stereocenters. The SMILES string of the molecule is Cc1cc(C(=O)O)cc(S(=O)(=O)Nc2ccc(S(=O)(=O)NC3=NCCCCC3)cc2)c1C. The molecule has 0 radical (unpaired) electrons. The van der Waals surface area contributed by atoms with Gasteiger partial charge in [-0.3, -0.25) is 14.4 Å². The number of carboxylic acids is 1. The summed E-state index contributed by atoms with van der Waals surface area (Å²) in [6.07, 6.45) is 3.35. The van der Waals surface area contributed by atoms with Crippen LogP contribution in [0.5, 0.6) is 0 Å². The average Bonchev–Trinajstić information content (AvgIpc) is 2.98. The van der Waals surface area contributed by atoms with Crippen molar-refractivity contribution in [2.45, 2.75) is 49.3 Å². The van der Waals surface area contributed by atoms with Gasteiger partial charge in [0.1, 0.15) is 5.84 Å². The van der Waals surface area contributed by atoms with Crippen molar-refractivity contribution in [1.82, 2.24) is 4.72 Å². The maximum atomic E-state index is 12.9. The maximum Gasteiger partial charge on any atom is 0.335 e. The van der Waals surface area contributed by atoms with Crippen LogP contribution in [-0.4, -0.2) is 40.3 Å². The fraction of sp³-hybridized carbons (Fsp3) is 0.333. The van der Waals surface area contributed by atoms with E-state index in [9.17, 15) is 26.7 Å². The lowest BCUT2D eigenvalue weighted by Gasteiger charge is -2.14. The van der Waals surface area contributed by atoms with Crippen LogP contribution in [0.15, 0.2) is 51.2 Å². The Morgan fingerprint density at radius 1 is 0.938 bits per heavy atom. The van der Waals surface area contributed by atoms with E-state index in [-0.39, 0.29) is 21.0 Å². The molecule has 172 valence electrons. The van der Waals surface area contributed by atoms with Crippen LogP contribution < -0.4 is 9.44 Å². The van der Waals surface area contributed by atoms with Crippen molar-refractivity contribution in [3.05, 3.63) is 53.1 Å². The summed E-state index contributed by atoms with van der Waals surface area (Å²) < 4.78 is 55.9. The van der Waals surface area contributed by atoms with Gasteiger partial charge < -0.3 is 5.11 Å². The van der Waals surface area contributed by atoms with Gasteiger partial charge in [-0.25, -0.2) is 21.6 Å².